The molecule has 1 aromatic rings. The normalized spacial score (nSPS) is 37.0. The van der Waals surface area contributed by atoms with E-state index in [-0.39, 0.29) is 47.9 Å². The Morgan fingerprint density at radius 2 is 1.60 bits per heavy atom. The van der Waals surface area contributed by atoms with Crippen molar-refractivity contribution in [1.82, 2.24) is 10.2 Å². The minimum Gasteiger partial charge on any atom is -0.350 e. The van der Waals surface area contributed by atoms with Gasteiger partial charge >= 0.3 is 0 Å². The maximum Gasteiger partial charge on any atom is 0.240 e. The average molecular weight is 336 g/mol. The Labute approximate surface area is 146 Å². The van der Waals surface area contributed by atoms with Gasteiger partial charge in [0.2, 0.25) is 17.7 Å². The number of allylic oxidation sites excluding steroid dienone is 2. The second-order valence-electron chi connectivity index (χ2n) is 7.68. The van der Waals surface area contributed by atoms with Crippen LogP contribution in [0, 0.1) is 35.5 Å². The first-order valence-corrected chi connectivity index (χ1v) is 8.99. The van der Waals surface area contributed by atoms with Gasteiger partial charge in [0.25, 0.3) is 0 Å². The van der Waals surface area contributed by atoms with Gasteiger partial charge in [-0.25, -0.2) is 0 Å². The van der Waals surface area contributed by atoms with E-state index in [1.54, 1.807) is 0 Å². The van der Waals surface area contributed by atoms with Gasteiger partial charge in [-0.05, 0) is 35.7 Å². The molecule has 0 aromatic heterocycles. The van der Waals surface area contributed by atoms with Crippen LogP contribution in [0.1, 0.15) is 12.0 Å². The smallest absolute Gasteiger partial charge is 0.240 e. The van der Waals surface area contributed by atoms with Gasteiger partial charge in [-0.3, -0.25) is 19.3 Å². The molecule has 3 amide bonds. The van der Waals surface area contributed by atoms with Gasteiger partial charge < -0.3 is 5.32 Å². The standard InChI is InChI=1S/C20H20N2O3/c23-16(21-9-11-4-2-1-3-5-11)10-22-19(24)17-12-6-7-13(15-8-14(12)15)18(17)20(22)25/h1-7,12-15,17-18H,8-10H2,(H,21,23)/t12-,13-,14-,15-,17+,18+/m0/s1. The molecule has 1 saturated heterocycles. The van der Waals surface area contributed by atoms with E-state index < -0.39 is 0 Å². The number of hydrogen-bond donors (Lipinski definition) is 1. The van der Waals surface area contributed by atoms with Crippen molar-refractivity contribution in [2.75, 3.05) is 6.54 Å². The molecule has 0 unspecified atom stereocenters. The molecule has 1 aliphatic heterocycles. The molecular formula is C20H20N2O3. The SMILES string of the molecule is O=C(CN1C(=O)[C@@H]2[C@H]3C=C[C@@H]([C@@H]4C[C@@H]34)[C@H]2C1=O)NCc1ccccc1. The fourth-order valence-corrected chi connectivity index (χ4v) is 5.17. The number of likely N-dealkylation sites (tertiary alicyclic amines) is 1. The Morgan fingerprint density at radius 3 is 2.20 bits per heavy atom. The van der Waals surface area contributed by atoms with Gasteiger partial charge in [0.1, 0.15) is 6.54 Å². The van der Waals surface area contributed by atoms with Crippen LogP contribution < -0.4 is 5.32 Å². The molecule has 6 atom stereocenters. The molecule has 4 aliphatic carbocycles. The highest BCUT2D eigenvalue weighted by Gasteiger charge is 2.67. The third-order valence-corrected chi connectivity index (χ3v) is 6.39. The zero-order valence-corrected chi connectivity index (χ0v) is 13.8. The summed E-state index contributed by atoms with van der Waals surface area (Å²) in [6, 6.07) is 9.59. The zero-order valence-electron chi connectivity index (χ0n) is 13.8. The Balaban J connectivity index is 1.27. The summed E-state index contributed by atoms with van der Waals surface area (Å²) in [5.74, 6) is 0.544. The molecule has 5 nitrogen and oxygen atoms in total. The second-order valence-corrected chi connectivity index (χ2v) is 7.68. The van der Waals surface area contributed by atoms with Crippen molar-refractivity contribution < 1.29 is 14.4 Å². The summed E-state index contributed by atoms with van der Waals surface area (Å²) < 4.78 is 0. The lowest BCUT2D eigenvalue weighted by molar-refractivity contribution is -0.143. The highest BCUT2D eigenvalue weighted by atomic mass is 16.2. The number of nitrogens with zero attached hydrogens (tertiary/aromatic N) is 1. The highest BCUT2D eigenvalue weighted by molar-refractivity contribution is 6.08. The molecule has 2 saturated carbocycles. The Bertz CT molecular complexity index is 751. The van der Waals surface area contributed by atoms with Crippen LogP contribution >= 0.6 is 0 Å². The number of rotatable bonds is 4. The Morgan fingerprint density at radius 1 is 1.00 bits per heavy atom. The van der Waals surface area contributed by atoms with Crippen LogP contribution in [0.2, 0.25) is 0 Å². The third-order valence-electron chi connectivity index (χ3n) is 6.39. The molecule has 3 fully saturated rings. The van der Waals surface area contributed by atoms with Crippen molar-refractivity contribution in [2.24, 2.45) is 35.5 Å². The summed E-state index contributed by atoms with van der Waals surface area (Å²) in [5, 5.41) is 2.80. The van der Waals surface area contributed by atoms with Crippen molar-refractivity contribution in [3.63, 3.8) is 0 Å². The van der Waals surface area contributed by atoms with E-state index in [0.717, 1.165) is 12.0 Å². The first kappa shape index (κ1) is 14.9. The number of hydrogen-bond acceptors (Lipinski definition) is 3. The minimum absolute atomic E-state index is 0.144. The van der Waals surface area contributed by atoms with Crippen LogP contribution in [0.15, 0.2) is 42.5 Å². The predicted octanol–water partition coefficient (Wildman–Crippen LogP) is 1.36. The Kier molecular flexibility index (Phi) is 3.14. The van der Waals surface area contributed by atoms with Crippen LogP contribution in [0.4, 0.5) is 0 Å². The van der Waals surface area contributed by atoms with Crippen molar-refractivity contribution in [2.45, 2.75) is 13.0 Å². The number of carbonyl (C=O) groups is 3. The lowest BCUT2D eigenvalue weighted by atomic mass is 9.63. The minimum atomic E-state index is -0.283. The van der Waals surface area contributed by atoms with Crippen LogP contribution in [0.25, 0.3) is 0 Å². The molecule has 0 radical (unpaired) electrons. The molecule has 1 N–H and O–H groups in total. The van der Waals surface area contributed by atoms with Crippen molar-refractivity contribution in [1.29, 1.82) is 0 Å². The molecule has 1 heterocycles. The fourth-order valence-electron chi connectivity index (χ4n) is 5.17. The van der Waals surface area contributed by atoms with Gasteiger partial charge in [0.15, 0.2) is 0 Å². The Hall–Kier alpha value is -2.43. The molecule has 6 rings (SSSR count). The van der Waals surface area contributed by atoms with E-state index in [4.69, 9.17) is 0 Å². The van der Waals surface area contributed by atoms with E-state index in [1.165, 1.54) is 4.90 Å². The lowest BCUT2D eigenvalue weighted by Crippen LogP contribution is -2.41. The topological polar surface area (TPSA) is 66.5 Å². The number of benzene rings is 1. The quantitative estimate of drug-likeness (QED) is 0.667. The van der Waals surface area contributed by atoms with E-state index in [2.05, 4.69) is 17.5 Å². The first-order valence-electron chi connectivity index (χ1n) is 8.99. The second kappa shape index (κ2) is 5.28. The molecule has 25 heavy (non-hydrogen) atoms. The van der Waals surface area contributed by atoms with Crippen LogP contribution in [0.5, 0.6) is 0 Å². The van der Waals surface area contributed by atoms with E-state index >= 15 is 0 Å². The third kappa shape index (κ3) is 2.18. The molecule has 5 heteroatoms. The summed E-state index contributed by atoms with van der Waals surface area (Å²) in [6.45, 7) is 0.242. The molecule has 2 bridgehead atoms. The molecular weight excluding hydrogens is 316 g/mol. The average Bonchev–Trinajstić information content (AvgIpc) is 3.42. The first-order chi connectivity index (χ1) is 12.1. The predicted molar refractivity (Wildman–Crippen MR) is 89.7 cm³/mol. The maximum absolute atomic E-state index is 12.8. The molecule has 5 aliphatic rings. The summed E-state index contributed by atoms with van der Waals surface area (Å²) >= 11 is 0. The number of carbonyl (C=O) groups excluding carboxylic acids is 3. The molecule has 128 valence electrons. The van der Waals surface area contributed by atoms with Gasteiger partial charge in [0.05, 0.1) is 11.8 Å². The maximum atomic E-state index is 12.8. The number of imide groups is 1. The van der Waals surface area contributed by atoms with Crippen molar-refractivity contribution in [3.05, 3.63) is 48.0 Å². The summed E-state index contributed by atoms with van der Waals surface area (Å²) in [5.41, 5.74) is 0.992. The van der Waals surface area contributed by atoms with Gasteiger partial charge in [0, 0.05) is 6.54 Å². The molecule has 0 spiro atoms. The summed E-state index contributed by atoms with van der Waals surface area (Å²) in [4.78, 5) is 39.1. The fraction of sp³-hybridized carbons (Fsp3) is 0.450. The van der Waals surface area contributed by atoms with Crippen LogP contribution in [-0.2, 0) is 20.9 Å². The van der Waals surface area contributed by atoms with Gasteiger partial charge in [-0.15, -0.1) is 0 Å². The molecule has 1 aromatic carbocycles. The van der Waals surface area contributed by atoms with Crippen molar-refractivity contribution in [3.8, 4) is 0 Å². The lowest BCUT2D eigenvalue weighted by Gasteiger charge is -2.37. The number of amides is 3. The van der Waals surface area contributed by atoms with Crippen molar-refractivity contribution >= 4 is 17.7 Å². The van der Waals surface area contributed by atoms with Gasteiger partial charge in [-0.1, -0.05) is 42.5 Å². The highest BCUT2D eigenvalue weighted by Crippen LogP contribution is 2.65. The largest absolute Gasteiger partial charge is 0.350 e. The van der Waals surface area contributed by atoms with E-state index in [0.29, 0.717) is 18.4 Å². The summed E-state index contributed by atoms with van der Waals surface area (Å²) in [7, 11) is 0. The van der Waals surface area contributed by atoms with Crippen LogP contribution in [0.3, 0.4) is 0 Å². The monoisotopic (exact) mass is 336 g/mol. The van der Waals surface area contributed by atoms with Crippen LogP contribution in [-0.4, -0.2) is 29.2 Å². The van der Waals surface area contributed by atoms with E-state index in [1.807, 2.05) is 30.3 Å². The number of nitrogens with one attached hydrogen (secondary N) is 1. The zero-order chi connectivity index (χ0) is 17.1. The summed E-state index contributed by atoms with van der Waals surface area (Å²) in [6.07, 6.45) is 5.43. The van der Waals surface area contributed by atoms with Gasteiger partial charge in [-0.2, -0.15) is 0 Å². The van der Waals surface area contributed by atoms with E-state index in [9.17, 15) is 14.4 Å².